The van der Waals surface area contributed by atoms with Crippen LogP contribution in [-0.4, -0.2) is 4.49 Å². The molecule has 52 valence electrons. The van der Waals surface area contributed by atoms with Crippen LogP contribution in [0.25, 0.3) is 0 Å². The van der Waals surface area contributed by atoms with Crippen LogP contribution in [0.5, 0.6) is 0 Å². The van der Waals surface area contributed by atoms with E-state index in [9.17, 15) is 0 Å². The quantitative estimate of drug-likeness (QED) is 0.537. The van der Waals surface area contributed by atoms with E-state index in [1.54, 1.807) is 0 Å². The van der Waals surface area contributed by atoms with Crippen LogP contribution in [0.15, 0.2) is 0 Å². The predicted molar refractivity (Wildman–Crippen MR) is 34.7 cm³/mol. The monoisotopic (exact) mass is 156 g/mol. The Bertz CT molecular complexity index is 72.4. The molecule has 0 rings (SSSR count). The molecular weight excluding hydrogens is 143 g/mol. The fraction of sp³-hybridized carbons (Fsp3) is 0.857. The van der Waals surface area contributed by atoms with E-state index in [-0.39, 0.29) is 0 Å². The molecule has 0 aromatic heterocycles. The molecule has 0 aromatic carbocycles. The van der Waals surface area contributed by atoms with Gasteiger partial charge in [0.05, 0.1) is 0 Å². The average Bonchev–Trinajstić information content (AvgIpc) is 1.64. The van der Waals surface area contributed by atoms with Crippen molar-refractivity contribution >= 4 is 4.49 Å². The van der Waals surface area contributed by atoms with Gasteiger partial charge >= 0.3 is 59.1 Å². The summed E-state index contributed by atoms with van der Waals surface area (Å²) in [5.74, 6) is 1.19. The second kappa shape index (κ2) is 3.40. The van der Waals surface area contributed by atoms with Crippen molar-refractivity contribution in [3.05, 3.63) is 0 Å². The van der Waals surface area contributed by atoms with Gasteiger partial charge < -0.3 is 0 Å². The van der Waals surface area contributed by atoms with E-state index in [1.165, 1.54) is 4.49 Å². The van der Waals surface area contributed by atoms with Crippen LogP contribution in [0.4, 0.5) is 0 Å². The maximum absolute atomic E-state index is 4.81. The number of hydrogen-bond donors (Lipinski definition) is 0. The molecule has 0 amide bonds. The van der Waals surface area contributed by atoms with E-state index >= 15 is 0 Å². The molecule has 0 heterocycles. The summed E-state index contributed by atoms with van der Waals surface area (Å²) in [6.45, 7) is 8.61. The average molecular weight is 157 g/mol. The van der Waals surface area contributed by atoms with Gasteiger partial charge in [-0.2, -0.15) is 0 Å². The molecular formula is C7H14Ni. The summed E-state index contributed by atoms with van der Waals surface area (Å²) in [5.41, 5.74) is 0. The summed E-state index contributed by atoms with van der Waals surface area (Å²) in [6.07, 6.45) is 0. The zero-order valence-corrected chi connectivity index (χ0v) is 6.96. The van der Waals surface area contributed by atoms with Crippen molar-refractivity contribution < 1.29 is 15.0 Å². The Kier molecular flexibility index (Phi) is 3.56. The molecule has 0 aromatic rings. The summed E-state index contributed by atoms with van der Waals surface area (Å²) in [4.78, 5) is 0. The molecule has 0 radical (unpaired) electrons. The molecule has 0 saturated carbocycles. The van der Waals surface area contributed by atoms with Gasteiger partial charge in [0.2, 0.25) is 0 Å². The number of hydrogen-bond acceptors (Lipinski definition) is 0. The maximum atomic E-state index is 4.81. The van der Waals surface area contributed by atoms with Gasteiger partial charge in [0.25, 0.3) is 0 Å². The first kappa shape index (κ1) is 8.36. The Morgan fingerprint density at radius 2 is 1.25 bits per heavy atom. The first-order valence-electron chi connectivity index (χ1n) is 3.04. The molecule has 0 unspecified atom stereocenters. The second-order valence-electron chi connectivity index (χ2n) is 2.66. The van der Waals surface area contributed by atoms with E-state index in [0.29, 0.717) is 11.8 Å². The SMILES string of the molecule is CC(C)[C](=[Ni])C(C)C. The minimum atomic E-state index is 0.593. The fourth-order valence-electron chi connectivity index (χ4n) is 0.667. The topological polar surface area (TPSA) is 0 Å². The summed E-state index contributed by atoms with van der Waals surface area (Å²) in [6, 6.07) is 0. The van der Waals surface area contributed by atoms with Gasteiger partial charge in [-0.3, -0.25) is 0 Å². The summed E-state index contributed by atoms with van der Waals surface area (Å²) in [5, 5.41) is 0. The van der Waals surface area contributed by atoms with Gasteiger partial charge in [0.1, 0.15) is 0 Å². The van der Waals surface area contributed by atoms with Gasteiger partial charge in [0.15, 0.2) is 0 Å². The zero-order valence-electron chi connectivity index (χ0n) is 5.97. The van der Waals surface area contributed by atoms with Crippen molar-refractivity contribution in [2.45, 2.75) is 27.7 Å². The molecule has 0 fully saturated rings. The molecule has 0 aliphatic rings. The third-order valence-electron chi connectivity index (χ3n) is 1.03. The van der Waals surface area contributed by atoms with E-state index in [2.05, 4.69) is 27.7 Å². The van der Waals surface area contributed by atoms with Gasteiger partial charge in [0, 0.05) is 0 Å². The molecule has 0 aliphatic heterocycles. The van der Waals surface area contributed by atoms with Crippen LogP contribution >= 0.6 is 0 Å². The fourth-order valence-corrected chi connectivity index (χ4v) is 0.667. The molecule has 0 spiro atoms. The van der Waals surface area contributed by atoms with Crippen LogP contribution in [0.3, 0.4) is 0 Å². The molecule has 8 heavy (non-hydrogen) atoms. The van der Waals surface area contributed by atoms with Crippen molar-refractivity contribution in [1.29, 1.82) is 0 Å². The normalized spacial score (nSPS) is 11.0. The molecule has 0 nitrogen and oxygen atoms in total. The van der Waals surface area contributed by atoms with Crippen LogP contribution in [-0.2, 0) is 15.0 Å². The minimum absolute atomic E-state index is 0.593. The Hall–Kier alpha value is 0.364. The van der Waals surface area contributed by atoms with E-state index in [1.807, 2.05) is 0 Å². The van der Waals surface area contributed by atoms with E-state index in [0.717, 1.165) is 0 Å². The summed E-state index contributed by atoms with van der Waals surface area (Å²) >= 11 is 4.81. The first-order chi connectivity index (χ1) is 3.55. The van der Waals surface area contributed by atoms with Crippen molar-refractivity contribution in [3.63, 3.8) is 0 Å². The molecule has 0 aliphatic carbocycles. The Balaban J connectivity index is 3.65. The van der Waals surface area contributed by atoms with Gasteiger partial charge in [-0.25, -0.2) is 0 Å². The van der Waals surface area contributed by atoms with Crippen LogP contribution < -0.4 is 0 Å². The van der Waals surface area contributed by atoms with Crippen LogP contribution in [0.2, 0.25) is 0 Å². The standard InChI is InChI=1S/C7H14.Ni/c1-6(2)5-7(3)4;/h6-7H,1-4H3;. The third-order valence-corrected chi connectivity index (χ3v) is 2.17. The summed E-state index contributed by atoms with van der Waals surface area (Å²) < 4.78 is 1.23. The summed E-state index contributed by atoms with van der Waals surface area (Å²) in [7, 11) is 0. The van der Waals surface area contributed by atoms with Crippen LogP contribution in [0.1, 0.15) is 27.7 Å². The second-order valence-corrected chi connectivity index (χ2v) is 3.23. The predicted octanol–water partition coefficient (Wildman–Crippen LogP) is 2.02. The molecule has 0 saturated heterocycles. The Morgan fingerprint density at radius 1 is 1.00 bits per heavy atom. The van der Waals surface area contributed by atoms with Crippen molar-refractivity contribution in [2.24, 2.45) is 11.8 Å². The van der Waals surface area contributed by atoms with E-state index in [4.69, 9.17) is 15.0 Å². The van der Waals surface area contributed by atoms with Crippen molar-refractivity contribution in [1.82, 2.24) is 0 Å². The van der Waals surface area contributed by atoms with Crippen LogP contribution in [0, 0.1) is 11.8 Å². The molecule has 1 heteroatoms. The van der Waals surface area contributed by atoms with E-state index < -0.39 is 0 Å². The first-order valence-corrected chi connectivity index (χ1v) is 3.54. The van der Waals surface area contributed by atoms with Gasteiger partial charge in [-0.15, -0.1) is 0 Å². The third kappa shape index (κ3) is 2.62. The zero-order chi connectivity index (χ0) is 6.73. The van der Waals surface area contributed by atoms with Crippen molar-refractivity contribution in [3.8, 4) is 0 Å². The molecule has 0 atom stereocenters. The molecule has 0 bridgehead atoms. The van der Waals surface area contributed by atoms with Gasteiger partial charge in [-0.05, 0) is 0 Å². The number of rotatable bonds is 2. The van der Waals surface area contributed by atoms with Gasteiger partial charge in [-0.1, -0.05) is 0 Å². The Labute approximate surface area is 59.6 Å². The molecule has 0 N–H and O–H groups in total. The Morgan fingerprint density at radius 3 is 1.25 bits per heavy atom. The van der Waals surface area contributed by atoms with Crippen molar-refractivity contribution in [2.75, 3.05) is 0 Å².